The molecule has 0 atom stereocenters. The largest absolute Gasteiger partial charge is 0.329 e. The van der Waals surface area contributed by atoms with E-state index < -0.39 is 0 Å². The highest BCUT2D eigenvalue weighted by atomic mass is 79.9. The molecule has 96 valence electrons. The Balaban J connectivity index is 2.05. The predicted octanol–water partition coefficient (Wildman–Crippen LogP) is 3.19. The van der Waals surface area contributed by atoms with Crippen LogP contribution in [0.4, 0.5) is 0 Å². The van der Waals surface area contributed by atoms with Crippen molar-refractivity contribution in [3.63, 3.8) is 0 Å². The Morgan fingerprint density at radius 1 is 1.28 bits per heavy atom. The van der Waals surface area contributed by atoms with Gasteiger partial charge in [0.1, 0.15) is 5.82 Å². The second-order valence-corrected chi connectivity index (χ2v) is 5.55. The van der Waals surface area contributed by atoms with Gasteiger partial charge in [-0.15, -0.1) is 0 Å². The molecule has 0 amide bonds. The predicted molar refractivity (Wildman–Crippen MR) is 77.4 cm³/mol. The molecule has 4 heteroatoms. The van der Waals surface area contributed by atoms with E-state index in [4.69, 9.17) is 0 Å². The maximum atomic E-state index is 4.39. The number of imidazole rings is 1. The fraction of sp³-hybridized carbons (Fsp3) is 0.357. The van der Waals surface area contributed by atoms with Gasteiger partial charge in [-0.05, 0) is 17.7 Å². The molecule has 0 bridgehead atoms. The SMILES string of the molecule is CC(C)NCc1nccn1Cc1ccc(Br)cc1. The Kier molecular flexibility index (Phi) is 4.55. The molecule has 2 aromatic rings. The van der Waals surface area contributed by atoms with E-state index in [2.05, 4.69) is 68.9 Å². The quantitative estimate of drug-likeness (QED) is 0.919. The molecule has 2 rings (SSSR count). The summed E-state index contributed by atoms with van der Waals surface area (Å²) in [6, 6.07) is 8.87. The Labute approximate surface area is 116 Å². The molecule has 0 aliphatic heterocycles. The lowest BCUT2D eigenvalue weighted by atomic mass is 10.2. The average Bonchev–Trinajstić information content (AvgIpc) is 2.77. The fourth-order valence-electron chi connectivity index (χ4n) is 1.73. The topological polar surface area (TPSA) is 29.9 Å². The van der Waals surface area contributed by atoms with Crippen LogP contribution in [0.3, 0.4) is 0 Å². The van der Waals surface area contributed by atoms with E-state index in [1.165, 1.54) is 5.56 Å². The summed E-state index contributed by atoms with van der Waals surface area (Å²) in [6.45, 7) is 5.95. The Morgan fingerprint density at radius 2 is 2.00 bits per heavy atom. The van der Waals surface area contributed by atoms with E-state index in [-0.39, 0.29) is 0 Å². The molecule has 1 aromatic carbocycles. The molecule has 1 aromatic heterocycles. The number of nitrogens with one attached hydrogen (secondary N) is 1. The van der Waals surface area contributed by atoms with Crippen molar-refractivity contribution in [2.75, 3.05) is 0 Å². The van der Waals surface area contributed by atoms with Gasteiger partial charge in [0.2, 0.25) is 0 Å². The normalized spacial score (nSPS) is 11.1. The van der Waals surface area contributed by atoms with Crippen LogP contribution in [0, 0.1) is 0 Å². The summed E-state index contributed by atoms with van der Waals surface area (Å²) < 4.78 is 3.29. The summed E-state index contributed by atoms with van der Waals surface area (Å²) in [5.74, 6) is 1.08. The van der Waals surface area contributed by atoms with Gasteiger partial charge in [-0.2, -0.15) is 0 Å². The van der Waals surface area contributed by atoms with Crippen LogP contribution in [-0.4, -0.2) is 15.6 Å². The van der Waals surface area contributed by atoms with Crippen LogP contribution in [-0.2, 0) is 13.1 Å². The zero-order chi connectivity index (χ0) is 13.0. The highest BCUT2D eigenvalue weighted by Gasteiger charge is 2.04. The van der Waals surface area contributed by atoms with Gasteiger partial charge in [-0.1, -0.05) is 41.9 Å². The van der Waals surface area contributed by atoms with E-state index in [1.54, 1.807) is 0 Å². The van der Waals surface area contributed by atoms with E-state index in [1.807, 2.05) is 12.4 Å². The number of benzene rings is 1. The first kappa shape index (κ1) is 13.3. The van der Waals surface area contributed by atoms with Crippen LogP contribution in [0.15, 0.2) is 41.1 Å². The first-order valence-electron chi connectivity index (χ1n) is 6.13. The van der Waals surface area contributed by atoms with E-state index >= 15 is 0 Å². The minimum atomic E-state index is 0.475. The van der Waals surface area contributed by atoms with E-state index in [9.17, 15) is 0 Å². The van der Waals surface area contributed by atoms with Gasteiger partial charge >= 0.3 is 0 Å². The van der Waals surface area contributed by atoms with E-state index in [0.29, 0.717) is 6.04 Å². The third-order valence-electron chi connectivity index (χ3n) is 2.74. The van der Waals surface area contributed by atoms with Crippen molar-refractivity contribution in [1.82, 2.24) is 14.9 Å². The van der Waals surface area contributed by atoms with Crippen LogP contribution in [0.25, 0.3) is 0 Å². The number of aromatic nitrogens is 2. The summed E-state index contributed by atoms with van der Waals surface area (Å²) in [6.07, 6.45) is 3.88. The molecule has 3 nitrogen and oxygen atoms in total. The van der Waals surface area contributed by atoms with Crippen LogP contribution < -0.4 is 5.32 Å². The van der Waals surface area contributed by atoms with Crippen molar-refractivity contribution in [3.05, 3.63) is 52.5 Å². The molecule has 0 aliphatic rings. The Morgan fingerprint density at radius 3 is 2.67 bits per heavy atom. The van der Waals surface area contributed by atoms with Crippen molar-refractivity contribution in [1.29, 1.82) is 0 Å². The standard InChI is InChI=1S/C14H18BrN3/c1-11(2)17-9-14-16-7-8-18(14)10-12-3-5-13(15)6-4-12/h3-8,11,17H,9-10H2,1-2H3. The van der Waals surface area contributed by atoms with Gasteiger partial charge in [0, 0.05) is 29.5 Å². The lowest BCUT2D eigenvalue weighted by Crippen LogP contribution is -2.24. The fourth-order valence-corrected chi connectivity index (χ4v) is 2.00. The molecule has 1 heterocycles. The van der Waals surface area contributed by atoms with Gasteiger partial charge < -0.3 is 9.88 Å². The minimum absolute atomic E-state index is 0.475. The van der Waals surface area contributed by atoms with E-state index in [0.717, 1.165) is 23.4 Å². The molecule has 0 saturated carbocycles. The van der Waals surface area contributed by atoms with Crippen molar-refractivity contribution in [3.8, 4) is 0 Å². The summed E-state index contributed by atoms with van der Waals surface area (Å²) >= 11 is 3.45. The summed E-state index contributed by atoms with van der Waals surface area (Å²) in [7, 11) is 0. The summed E-state index contributed by atoms with van der Waals surface area (Å²) in [5.41, 5.74) is 1.28. The van der Waals surface area contributed by atoms with Gasteiger partial charge in [-0.3, -0.25) is 0 Å². The minimum Gasteiger partial charge on any atom is -0.329 e. The second kappa shape index (κ2) is 6.16. The number of hydrogen-bond acceptors (Lipinski definition) is 2. The molecule has 1 N–H and O–H groups in total. The van der Waals surface area contributed by atoms with Crippen LogP contribution in [0.1, 0.15) is 25.2 Å². The monoisotopic (exact) mass is 307 g/mol. The lowest BCUT2D eigenvalue weighted by molar-refractivity contribution is 0.554. The maximum Gasteiger partial charge on any atom is 0.122 e. The molecular weight excluding hydrogens is 290 g/mol. The molecule has 0 spiro atoms. The first-order valence-corrected chi connectivity index (χ1v) is 6.92. The second-order valence-electron chi connectivity index (χ2n) is 4.63. The van der Waals surface area contributed by atoms with Gasteiger partial charge in [-0.25, -0.2) is 4.98 Å². The number of halogens is 1. The molecule has 0 fully saturated rings. The van der Waals surface area contributed by atoms with Crippen molar-refractivity contribution < 1.29 is 0 Å². The average molecular weight is 308 g/mol. The zero-order valence-corrected chi connectivity index (χ0v) is 12.3. The molecule has 18 heavy (non-hydrogen) atoms. The Bertz CT molecular complexity index is 488. The zero-order valence-electron chi connectivity index (χ0n) is 10.7. The number of hydrogen-bond donors (Lipinski definition) is 1. The highest BCUT2D eigenvalue weighted by Crippen LogP contribution is 2.12. The molecule has 0 saturated heterocycles. The summed E-state index contributed by atoms with van der Waals surface area (Å²) in [5, 5.41) is 3.39. The number of nitrogens with zero attached hydrogens (tertiary/aromatic N) is 2. The van der Waals surface area contributed by atoms with Crippen LogP contribution in [0.5, 0.6) is 0 Å². The highest BCUT2D eigenvalue weighted by molar-refractivity contribution is 9.10. The van der Waals surface area contributed by atoms with Crippen molar-refractivity contribution in [2.24, 2.45) is 0 Å². The Hall–Kier alpha value is -1.13. The van der Waals surface area contributed by atoms with Gasteiger partial charge in [0.15, 0.2) is 0 Å². The molecule has 0 unspecified atom stereocenters. The number of rotatable bonds is 5. The third-order valence-corrected chi connectivity index (χ3v) is 3.26. The van der Waals surface area contributed by atoms with Gasteiger partial charge in [0.05, 0.1) is 6.54 Å². The summed E-state index contributed by atoms with van der Waals surface area (Å²) in [4.78, 5) is 4.39. The van der Waals surface area contributed by atoms with Crippen molar-refractivity contribution >= 4 is 15.9 Å². The molecular formula is C14H18BrN3. The van der Waals surface area contributed by atoms with Crippen LogP contribution >= 0.6 is 15.9 Å². The van der Waals surface area contributed by atoms with Gasteiger partial charge in [0.25, 0.3) is 0 Å². The smallest absolute Gasteiger partial charge is 0.122 e. The van der Waals surface area contributed by atoms with Crippen LogP contribution in [0.2, 0.25) is 0 Å². The molecule has 0 aliphatic carbocycles. The van der Waals surface area contributed by atoms with Crippen molar-refractivity contribution in [2.45, 2.75) is 33.0 Å². The maximum absolute atomic E-state index is 4.39. The first-order chi connectivity index (χ1) is 8.65. The molecule has 0 radical (unpaired) electrons. The lowest BCUT2D eigenvalue weighted by Gasteiger charge is -2.11. The third kappa shape index (κ3) is 3.68.